The highest BCUT2D eigenvalue weighted by Crippen LogP contribution is 2.12. The second kappa shape index (κ2) is 5.39. The SMILES string of the molecule is CC1CCN(C)CN(n2ccc(N)nc2=O)CC1. The number of rotatable bonds is 1. The molecule has 0 saturated carbocycles. The number of hydrogen-bond acceptors (Lipinski definition) is 5. The zero-order valence-electron chi connectivity index (χ0n) is 11.0. The number of anilines is 1. The van der Waals surface area contributed by atoms with E-state index in [0.717, 1.165) is 26.2 Å². The van der Waals surface area contributed by atoms with Crippen LogP contribution in [-0.4, -0.2) is 41.4 Å². The topological polar surface area (TPSA) is 67.4 Å². The van der Waals surface area contributed by atoms with Crippen molar-refractivity contribution in [1.29, 1.82) is 0 Å². The van der Waals surface area contributed by atoms with E-state index in [0.29, 0.717) is 5.92 Å². The summed E-state index contributed by atoms with van der Waals surface area (Å²) in [5, 5.41) is 2.02. The molecule has 6 heteroatoms. The van der Waals surface area contributed by atoms with Crippen molar-refractivity contribution in [1.82, 2.24) is 14.6 Å². The molecule has 18 heavy (non-hydrogen) atoms. The molecule has 1 fully saturated rings. The number of aromatic nitrogens is 2. The van der Waals surface area contributed by atoms with Crippen molar-refractivity contribution < 1.29 is 0 Å². The van der Waals surface area contributed by atoms with E-state index >= 15 is 0 Å². The van der Waals surface area contributed by atoms with Crippen LogP contribution in [0.3, 0.4) is 0 Å². The zero-order chi connectivity index (χ0) is 13.1. The monoisotopic (exact) mass is 251 g/mol. The summed E-state index contributed by atoms with van der Waals surface area (Å²) < 4.78 is 1.56. The molecule has 1 saturated heterocycles. The molecule has 0 aromatic carbocycles. The second-order valence-corrected chi connectivity index (χ2v) is 5.11. The van der Waals surface area contributed by atoms with Gasteiger partial charge in [-0.05, 0) is 38.4 Å². The first-order valence-electron chi connectivity index (χ1n) is 6.35. The van der Waals surface area contributed by atoms with E-state index in [9.17, 15) is 4.79 Å². The lowest BCUT2D eigenvalue weighted by molar-refractivity contribution is 0.249. The van der Waals surface area contributed by atoms with Crippen molar-refractivity contribution in [3.05, 3.63) is 22.7 Å². The summed E-state index contributed by atoms with van der Waals surface area (Å²) in [5.74, 6) is 0.942. The fourth-order valence-corrected chi connectivity index (χ4v) is 2.18. The van der Waals surface area contributed by atoms with Crippen molar-refractivity contribution in [2.75, 3.05) is 37.5 Å². The molecule has 1 aliphatic rings. The summed E-state index contributed by atoms with van der Waals surface area (Å²) in [4.78, 5) is 17.8. The Bertz CT molecular complexity index is 458. The highest BCUT2D eigenvalue weighted by Gasteiger charge is 2.16. The third kappa shape index (κ3) is 3.01. The summed E-state index contributed by atoms with van der Waals surface area (Å²) in [6, 6.07) is 1.66. The summed E-state index contributed by atoms with van der Waals surface area (Å²) in [6.45, 7) is 4.89. The van der Waals surface area contributed by atoms with Crippen LogP contribution in [0.15, 0.2) is 17.1 Å². The Morgan fingerprint density at radius 2 is 2.11 bits per heavy atom. The van der Waals surface area contributed by atoms with E-state index in [2.05, 4.69) is 23.9 Å². The molecule has 1 aromatic rings. The maximum atomic E-state index is 11.8. The molecule has 0 radical (unpaired) electrons. The van der Waals surface area contributed by atoms with Crippen LogP contribution < -0.4 is 16.4 Å². The zero-order valence-corrected chi connectivity index (χ0v) is 11.0. The van der Waals surface area contributed by atoms with Gasteiger partial charge in [-0.25, -0.2) is 9.47 Å². The lowest BCUT2D eigenvalue weighted by atomic mass is 10.0. The fourth-order valence-electron chi connectivity index (χ4n) is 2.18. The minimum atomic E-state index is -0.309. The van der Waals surface area contributed by atoms with E-state index in [1.165, 1.54) is 6.42 Å². The smallest absolute Gasteiger partial charge is 0.368 e. The van der Waals surface area contributed by atoms with E-state index in [-0.39, 0.29) is 11.5 Å². The average molecular weight is 251 g/mol. The lowest BCUT2D eigenvalue weighted by Gasteiger charge is -2.34. The van der Waals surface area contributed by atoms with Gasteiger partial charge in [0.15, 0.2) is 0 Å². The molecule has 6 nitrogen and oxygen atoms in total. The van der Waals surface area contributed by atoms with Gasteiger partial charge in [0, 0.05) is 12.7 Å². The van der Waals surface area contributed by atoms with E-state index in [1.807, 2.05) is 5.01 Å². The highest BCUT2D eigenvalue weighted by atomic mass is 16.2. The summed E-state index contributed by atoms with van der Waals surface area (Å²) >= 11 is 0. The van der Waals surface area contributed by atoms with Crippen molar-refractivity contribution >= 4 is 5.82 Å². The fraction of sp³-hybridized carbons (Fsp3) is 0.667. The van der Waals surface area contributed by atoms with Crippen LogP contribution >= 0.6 is 0 Å². The van der Waals surface area contributed by atoms with Crippen LogP contribution in [0, 0.1) is 5.92 Å². The van der Waals surface area contributed by atoms with Gasteiger partial charge < -0.3 is 5.73 Å². The number of hydrogen-bond donors (Lipinski definition) is 1. The van der Waals surface area contributed by atoms with Crippen LogP contribution in [0.2, 0.25) is 0 Å². The lowest BCUT2D eigenvalue weighted by Crippen LogP contribution is -2.50. The largest absolute Gasteiger partial charge is 0.383 e. The molecular weight excluding hydrogens is 230 g/mol. The van der Waals surface area contributed by atoms with Crippen LogP contribution in [-0.2, 0) is 0 Å². The standard InChI is InChI=1S/C12H21N5O/c1-10-3-6-15(2)9-16(7-4-10)17-8-5-11(13)14-12(17)18/h5,8,10H,3-4,6-7,9H2,1-2H3,(H2,13,14,18). The van der Waals surface area contributed by atoms with Crippen molar-refractivity contribution in [2.45, 2.75) is 19.8 Å². The van der Waals surface area contributed by atoms with Crippen LogP contribution in [0.1, 0.15) is 19.8 Å². The molecule has 1 aromatic heterocycles. The number of nitrogens with two attached hydrogens (primary N) is 1. The van der Waals surface area contributed by atoms with Gasteiger partial charge in [0.25, 0.3) is 0 Å². The van der Waals surface area contributed by atoms with Gasteiger partial charge >= 0.3 is 5.69 Å². The van der Waals surface area contributed by atoms with E-state index in [4.69, 9.17) is 5.73 Å². The Morgan fingerprint density at radius 3 is 2.83 bits per heavy atom. The normalized spacial score (nSPS) is 22.6. The highest BCUT2D eigenvalue weighted by molar-refractivity contribution is 5.23. The molecule has 100 valence electrons. The van der Waals surface area contributed by atoms with Gasteiger partial charge in [-0.2, -0.15) is 4.98 Å². The Kier molecular flexibility index (Phi) is 3.86. The van der Waals surface area contributed by atoms with E-state index in [1.54, 1.807) is 16.9 Å². The van der Waals surface area contributed by atoms with Crippen LogP contribution in [0.4, 0.5) is 5.82 Å². The van der Waals surface area contributed by atoms with Crippen LogP contribution in [0.5, 0.6) is 0 Å². The minimum Gasteiger partial charge on any atom is -0.383 e. The molecule has 0 aliphatic carbocycles. The van der Waals surface area contributed by atoms with Gasteiger partial charge in [0.2, 0.25) is 0 Å². The van der Waals surface area contributed by atoms with Gasteiger partial charge in [0.05, 0.1) is 6.67 Å². The molecule has 0 spiro atoms. The third-order valence-electron chi connectivity index (χ3n) is 3.40. The van der Waals surface area contributed by atoms with Gasteiger partial charge in [-0.3, -0.25) is 9.91 Å². The molecule has 2 heterocycles. The Hall–Kier alpha value is -1.56. The van der Waals surface area contributed by atoms with Gasteiger partial charge in [-0.1, -0.05) is 6.92 Å². The quantitative estimate of drug-likeness (QED) is 0.766. The van der Waals surface area contributed by atoms with Crippen molar-refractivity contribution in [3.8, 4) is 0 Å². The molecule has 0 amide bonds. The first kappa shape index (κ1) is 12.9. The van der Waals surface area contributed by atoms with Gasteiger partial charge in [0.1, 0.15) is 5.82 Å². The third-order valence-corrected chi connectivity index (χ3v) is 3.40. The molecule has 1 aliphatic heterocycles. The number of nitrogens with zero attached hydrogens (tertiary/aromatic N) is 4. The molecule has 2 N–H and O–H groups in total. The Labute approximate surface area is 107 Å². The van der Waals surface area contributed by atoms with Crippen molar-refractivity contribution in [2.24, 2.45) is 5.92 Å². The van der Waals surface area contributed by atoms with Crippen molar-refractivity contribution in [3.63, 3.8) is 0 Å². The molecule has 1 unspecified atom stereocenters. The maximum Gasteiger partial charge on any atom is 0.368 e. The van der Waals surface area contributed by atoms with Crippen LogP contribution in [0.25, 0.3) is 0 Å². The predicted molar refractivity (Wildman–Crippen MR) is 71.9 cm³/mol. The first-order valence-corrected chi connectivity index (χ1v) is 6.35. The molecule has 2 rings (SSSR count). The molecular formula is C12H21N5O. The minimum absolute atomic E-state index is 0.269. The molecule has 0 bridgehead atoms. The summed E-state index contributed by atoms with van der Waals surface area (Å²) in [7, 11) is 2.07. The van der Waals surface area contributed by atoms with Gasteiger partial charge in [-0.15, -0.1) is 0 Å². The first-order chi connectivity index (χ1) is 8.56. The Morgan fingerprint density at radius 1 is 1.39 bits per heavy atom. The number of nitrogen functional groups attached to an aromatic ring is 1. The second-order valence-electron chi connectivity index (χ2n) is 5.11. The molecule has 1 atom stereocenters. The maximum absolute atomic E-state index is 11.8. The summed E-state index contributed by atoms with van der Waals surface area (Å²) in [5.41, 5.74) is 5.20. The average Bonchev–Trinajstić information content (AvgIpc) is 2.30. The summed E-state index contributed by atoms with van der Waals surface area (Å²) in [6.07, 6.45) is 3.99. The Balaban J connectivity index is 2.21. The predicted octanol–water partition coefficient (Wildman–Crippen LogP) is 0.0827. The van der Waals surface area contributed by atoms with E-state index < -0.39 is 0 Å².